The fourth-order valence-corrected chi connectivity index (χ4v) is 1.62. The number of hydrogen-bond donors (Lipinski definition) is 3. The van der Waals surface area contributed by atoms with Crippen molar-refractivity contribution < 1.29 is 23.1 Å². The number of alkyl halides is 3. The maximum Gasteiger partial charge on any atom is 0.416 e. The molecular formula is C14H11F3N2O2. The number of amides is 2. The molecule has 0 radical (unpaired) electrons. The van der Waals surface area contributed by atoms with Crippen LogP contribution in [0.15, 0.2) is 48.5 Å². The number of rotatable bonds is 2. The van der Waals surface area contributed by atoms with Crippen LogP contribution in [0.2, 0.25) is 0 Å². The van der Waals surface area contributed by atoms with Gasteiger partial charge in [-0.05, 0) is 30.3 Å². The van der Waals surface area contributed by atoms with E-state index in [0.29, 0.717) is 11.8 Å². The van der Waals surface area contributed by atoms with Gasteiger partial charge in [0.1, 0.15) is 5.75 Å². The number of anilines is 2. The van der Waals surface area contributed by atoms with Gasteiger partial charge in [-0.2, -0.15) is 13.2 Å². The molecule has 2 rings (SSSR count). The minimum absolute atomic E-state index is 0.114. The van der Waals surface area contributed by atoms with Crippen molar-refractivity contribution >= 4 is 17.4 Å². The highest BCUT2D eigenvalue weighted by atomic mass is 19.4. The third kappa shape index (κ3) is 3.88. The first kappa shape index (κ1) is 14.7. The molecule has 0 aliphatic rings. The number of carbonyl (C=O) groups excluding carboxylic acids is 1. The molecule has 0 bridgehead atoms. The van der Waals surface area contributed by atoms with Crippen molar-refractivity contribution in [2.45, 2.75) is 6.18 Å². The average Bonchev–Trinajstić information content (AvgIpc) is 2.41. The number of nitrogens with one attached hydrogen (secondary N) is 2. The molecule has 7 heteroatoms. The van der Waals surface area contributed by atoms with Gasteiger partial charge in [0.15, 0.2) is 0 Å². The Labute approximate surface area is 118 Å². The number of hydrogen-bond acceptors (Lipinski definition) is 2. The van der Waals surface area contributed by atoms with Gasteiger partial charge in [-0.1, -0.05) is 18.2 Å². The Bertz CT molecular complexity index is 642. The first-order valence-corrected chi connectivity index (χ1v) is 5.89. The second-order valence-electron chi connectivity index (χ2n) is 4.17. The number of halogens is 3. The maximum atomic E-state index is 12.4. The molecule has 0 heterocycles. The molecule has 0 spiro atoms. The number of phenols is 1. The summed E-state index contributed by atoms with van der Waals surface area (Å²) in [6, 6.07) is 10.1. The van der Waals surface area contributed by atoms with E-state index < -0.39 is 23.5 Å². The summed E-state index contributed by atoms with van der Waals surface area (Å²) in [5.74, 6) is -0.659. The topological polar surface area (TPSA) is 61.4 Å². The van der Waals surface area contributed by atoms with Crippen molar-refractivity contribution in [3.05, 3.63) is 54.1 Å². The molecule has 2 aromatic carbocycles. The summed E-state index contributed by atoms with van der Waals surface area (Å²) < 4.78 is 37.3. The highest BCUT2D eigenvalue weighted by Gasteiger charge is 2.31. The van der Waals surface area contributed by atoms with Gasteiger partial charge in [-0.3, -0.25) is 0 Å². The fourth-order valence-electron chi connectivity index (χ4n) is 1.62. The van der Waals surface area contributed by atoms with Crippen molar-refractivity contribution in [2.75, 3.05) is 10.6 Å². The molecule has 110 valence electrons. The van der Waals surface area contributed by atoms with E-state index in [1.807, 2.05) is 0 Å². The first-order valence-electron chi connectivity index (χ1n) is 5.89. The molecule has 0 aliphatic carbocycles. The molecule has 2 amide bonds. The standard InChI is InChI=1S/C14H11F3N2O2/c15-14(16,17)9-6-7-11(12(20)8-9)19-13(21)18-10-4-2-1-3-5-10/h1-8,20H,(H2,18,19,21). The number of benzene rings is 2. The molecule has 2 aromatic rings. The smallest absolute Gasteiger partial charge is 0.416 e. The summed E-state index contributed by atoms with van der Waals surface area (Å²) in [5.41, 5.74) is -0.591. The van der Waals surface area contributed by atoms with Crippen molar-refractivity contribution in [3.8, 4) is 5.75 Å². The minimum atomic E-state index is -4.55. The second kappa shape index (κ2) is 5.74. The Hall–Kier alpha value is -2.70. The highest BCUT2D eigenvalue weighted by molar-refractivity contribution is 6.00. The number of urea groups is 1. The van der Waals surface area contributed by atoms with Crippen LogP contribution in [0.1, 0.15) is 5.56 Å². The van der Waals surface area contributed by atoms with Crippen LogP contribution in [0.3, 0.4) is 0 Å². The lowest BCUT2D eigenvalue weighted by Gasteiger charge is -2.11. The van der Waals surface area contributed by atoms with Gasteiger partial charge in [0.05, 0.1) is 11.3 Å². The molecule has 0 fully saturated rings. The largest absolute Gasteiger partial charge is 0.506 e. The molecule has 3 N–H and O–H groups in total. The third-order valence-electron chi connectivity index (χ3n) is 2.60. The Kier molecular flexibility index (Phi) is 4.02. The monoisotopic (exact) mass is 296 g/mol. The Balaban J connectivity index is 2.08. The maximum absolute atomic E-state index is 12.4. The zero-order valence-electron chi connectivity index (χ0n) is 10.6. The van der Waals surface area contributed by atoms with E-state index in [1.54, 1.807) is 30.3 Å². The molecule has 0 aromatic heterocycles. The van der Waals surface area contributed by atoms with E-state index in [9.17, 15) is 23.1 Å². The summed E-state index contributed by atoms with van der Waals surface area (Å²) >= 11 is 0. The Morgan fingerprint density at radius 1 is 1.00 bits per heavy atom. The molecule has 4 nitrogen and oxygen atoms in total. The molecule has 21 heavy (non-hydrogen) atoms. The van der Waals surface area contributed by atoms with E-state index in [2.05, 4.69) is 10.6 Å². The van der Waals surface area contributed by atoms with Gasteiger partial charge in [-0.15, -0.1) is 0 Å². The molecular weight excluding hydrogens is 285 g/mol. The summed E-state index contributed by atoms with van der Waals surface area (Å²) in [7, 11) is 0. The SMILES string of the molecule is O=C(Nc1ccccc1)Nc1ccc(C(F)(F)F)cc1O. The van der Waals surface area contributed by atoms with Gasteiger partial charge in [0, 0.05) is 5.69 Å². The molecule has 0 saturated heterocycles. The third-order valence-corrected chi connectivity index (χ3v) is 2.60. The van der Waals surface area contributed by atoms with Gasteiger partial charge >= 0.3 is 12.2 Å². The highest BCUT2D eigenvalue weighted by Crippen LogP contribution is 2.34. The average molecular weight is 296 g/mol. The van der Waals surface area contributed by atoms with Crippen LogP contribution in [-0.4, -0.2) is 11.1 Å². The number of para-hydroxylation sites is 1. The van der Waals surface area contributed by atoms with Crippen LogP contribution in [-0.2, 0) is 6.18 Å². The first-order chi connectivity index (χ1) is 9.86. The minimum Gasteiger partial charge on any atom is -0.506 e. The molecule has 0 aliphatic heterocycles. The van der Waals surface area contributed by atoms with Gasteiger partial charge in [0.2, 0.25) is 0 Å². The molecule has 0 atom stereocenters. The van der Waals surface area contributed by atoms with E-state index in [1.165, 1.54) is 0 Å². The van der Waals surface area contributed by atoms with E-state index in [0.717, 1.165) is 12.1 Å². The number of phenolic OH excluding ortho intramolecular Hbond substituents is 1. The van der Waals surface area contributed by atoms with Crippen molar-refractivity contribution in [1.82, 2.24) is 0 Å². The van der Waals surface area contributed by atoms with Crippen LogP contribution < -0.4 is 10.6 Å². The zero-order valence-corrected chi connectivity index (χ0v) is 10.6. The summed E-state index contributed by atoms with van der Waals surface area (Å²) in [6.45, 7) is 0. The molecule has 0 unspecified atom stereocenters. The van der Waals surface area contributed by atoms with Gasteiger partial charge in [0.25, 0.3) is 0 Å². The van der Waals surface area contributed by atoms with Crippen LogP contribution in [0.25, 0.3) is 0 Å². The predicted molar refractivity (Wildman–Crippen MR) is 72.2 cm³/mol. The number of aromatic hydroxyl groups is 1. The lowest BCUT2D eigenvalue weighted by atomic mass is 10.2. The normalized spacial score (nSPS) is 11.0. The lowest BCUT2D eigenvalue weighted by Crippen LogP contribution is -2.19. The van der Waals surface area contributed by atoms with Crippen LogP contribution in [0.5, 0.6) is 5.75 Å². The van der Waals surface area contributed by atoms with Crippen molar-refractivity contribution in [1.29, 1.82) is 0 Å². The molecule has 0 saturated carbocycles. The summed E-state index contributed by atoms with van der Waals surface area (Å²) in [4.78, 5) is 11.7. The lowest BCUT2D eigenvalue weighted by molar-refractivity contribution is -0.137. The zero-order chi connectivity index (χ0) is 15.5. The van der Waals surface area contributed by atoms with Crippen LogP contribution in [0, 0.1) is 0 Å². The van der Waals surface area contributed by atoms with Crippen LogP contribution >= 0.6 is 0 Å². The summed E-state index contributed by atoms with van der Waals surface area (Å²) in [5, 5.41) is 14.3. The van der Waals surface area contributed by atoms with E-state index in [-0.39, 0.29) is 5.69 Å². The predicted octanol–water partition coefficient (Wildman–Crippen LogP) is 4.06. The van der Waals surface area contributed by atoms with E-state index >= 15 is 0 Å². The van der Waals surface area contributed by atoms with Crippen LogP contribution in [0.4, 0.5) is 29.3 Å². The van der Waals surface area contributed by atoms with Gasteiger partial charge < -0.3 is 15.7 Å². The van der Waals surface area contributed by atoms with E-state index in [4.69, 9.17) is 0 Å². The fraction of sp³-hybridized carbons (Fsp3) is 0.0714. The second-order valence-corrected chi connectivity index (χ2v) is 4.17. The Morgan fingerprint density at radius 3 is 2.24 bits per heavy atom. The van der Waals surface area contributed by atoms with Crippen molar-refractivity contribution in [3.63, 3.8) is 0 Å². The quantitative estimate of drug-likeness (QED) is 0.732. The number of carbonyl (C=O) groups is 1. The van der Waals surface area contributed by atoms with Crippen molar-refractivity contribution in [2.24, 2.45) is 0 Å². The van der Waals surface area contributed by atoms with Gasteiger partial charge in [-0.25, -0.2) is 4.79 Å². The Morgan fingerprint density at radius 2 is 1.67 bits per heavy atom. The summed E-state index contributed by atoms with van der Waals surface area (Å²) in [6.07, 6.45) is -4.55.